The molecule has 2 N–H and O–H groups in total. The summed E-state index contributed by atoms with van der Waals surface area (Å²) in [6.07, 6.45) is 0.494. The van der Waals surface area contributed by atoms with E-state index in [2.05, 4.69) is 5.32 Å². The van der Waals surface area contributed by atoms with Gasteiger partial charge in [0.1, 0.15) is 0 Å². The summed E-state index contributed by atoms with van der Waals surface area (Å²) in [5.74, 6) is -0.103. The molecule has 1 aromatic carbocycles. The summed E-state index contributed by atoms with van der Waals surface area (Å²) < 4.78 is 0. The number of piperidine rings is 1. The van der Waals surface area contributed by atoms with Crippen molar-refractivity contribution < 1.29 is 5.11 Å². The van der Waals surface area contributed by atoms with Crippen LogP contribution in [0.3, 0.4) is 0 Å². The van der Waals surface area contributed by atoms with Crippen molar-refractivity contribution in [2.24, 2.45) is 5.92 Å². The van der Waals surface area contributed by atoms with Gasteiger partial charge in [0.15, 0.2) is 5.60 Å². The predicted octanol–water partition coefficient (Wildman–Crippen LogP) is 1.61. The van der Waals surface area contributed by atoms with Gasteiger partial charge < -0.3 is 10.4 Å². The van der Waals surface area contributed by atoms with E-state index in [9.17, 15) is 5.11 Å². The molecule has 1 aliphatic heterocycles. The maximum Gasteiger partial charge on any atom is 0.156 e. The standard InChI is InChI=1S/C13H16N2O/c1-10-12(11-5-3-2-4-6-11)15-8-7-13(10,16)9-14/h2-6,10,12,15-16H,7-8H2,1H3/t10-,12+,13-/m0/s1. The van der Waals surface area contributed by atoms with Crippen molar-refractivity contribution in [3.05, 3.63) is 35.9 Å². The van der Waals surface area contributed by atoms with E-state index < -0.39 is 5.60 Å². The molecule has 84 valence electrons. The Kier molecular flexibility index (Phi) is 2.95. The molecule has 3 atom stereocenters. The van der Waals surface area contributed by atoms with Crippen LogP contribution in [0.5, 0.6) is 0 Å². The zero-order valence-electron chi connectivity index (χ0n) is 9.35. The lowest BCUT2D eigenvalue weighted by Gasteiger charge is -2.39. The fraction of sp³-hybridized carbons (Fsp3) is 0.462. The van der Waals surface area contributed by atoms with Gasteiger partial charge in [-0.05, 0) is 12.1 Å². The minimum Gasteiger partial charge on any atom is -0.375 e. The molecule has 0 bridgehead atoms. The first-order valence-corrected chi connectivity index (χ1v) is 5.59. The lowest BCUT2D eigenvalue weighted by molar-refractivity contribution is -0.00372. The average molecular weight is 216 g/mol. The van der Waals surface area contributed by atoms with Crippen molar-refractivity contribution in [2.45, 2.75) is 25.0 Å². The largest absolute Gasteiger partial charge is 0.375 e. The fourth-order valence-corrected chi connectivity index (χ4v) is 2.32. The Balaban J connectivity index is 2.27. The van der Waals surface area contributed by atoms with Crippen molar-refractivity contribution in [3.8, 4) is 6.07 Å². The summed E-state index contributed by atoms with van der Waals surface area (Å²) in [6, 6.07) is 12.1. The maximum absolute atomic E-state index is 10.2. The molecule has 0 saturated carbocycles. The number of nitriles is 1. The van der Waals surface area contributed by atoms with Gasteiger partial charge >= 0.3 is 0 Å². The molecule has 1 aromatic rings. The van der Waals surface area contributed by atoms with E-state index in [0.29, 0.717) is 13.0 Å². The van der Waals surface area contributed by atoms with E-state index in [1.54, 1.807) is 0 Å². The molecule has 3 nitrogen and oxygen atoms in total. The lowest BCUT2D eigenvalue weighted by atomic mass is 9.76. The second-order valence-electron chi connectivity index (χ2n) is 4.42. The third kappa shape index (κ3) is 1.82. The first-order valence-electron chi connectivity index (χ1n) is 5.59. The van der Waals surface area contributed by atoms with Crippen LogP contribution in [-0.2, 0) is 0 Å². The Hall–Kier alpha value is -1.37. The Bertz CT molecular complexity index is 398. The second kappa shape index (κ2) is 4.25. The number of hydrogen-bond donors (Lipinski definition) is 2. The van der Waals surface area contributed by atoms with Gasteiger partial charge in [-0.25, -0.2) is 0 Å². The summed E-state index contributed by atoms with van der Waals surface area (Å²) in [5.41, 5.74) is -0.0745. The van der Waals surface area contributed by atoms with E-state index in [-0.39, 0.29) is 12.0 Å². The molecule has 2 rings (SSSR count). The van der Waals surface area contributed by atoms with Crippen molar-refractivity contribution in [2.75, 3.05) is 6.54 Å². The van der Waals surface area contributed by atoms with Gasteiger partial charge in [0, 0.05) is 18.4 Å². The summed E-state index contributed by atoms with van der Waals surface area (Å²) in [4.78, 5) is 0. The highest BCUT2D eigenvalue weighted by Crippen LogP contribution is 2.35. The van der Waals surface area contributed by atoms with Crippen LogP contribution in [0.1, 0.15) is 24.9 Å². The van der Waals surface area contributed by atoms with Crippen LogP contribution in [0.25, 0.3) is 0 Å². The highest BCUT2D eigenvalue weighted by molar-refractivity contribution is 5.23. The zero-order valence-corrected chi connectivity index (χ0v) is 9.35. The van der Waals surface area contributed by atoms with Gasteiger partial charge in [-0.2, -0.15) is 5.26 Å². The molecule has 0 aliphatic carbocycles. The van der Waals surface area contributed by atoms with Crippen LogP contribution < -0.4 is 5.32 Å². The van der Waals surface area contributed by atoms with E-state index >= 15 is 0 Å². The van der Waals surface area contributed by atoms with Gasteiger partial charge in [0.2, 0.25) is 0 Å². The molecule has 0 spiro atoms. The smallest absolute Gasteiger partial charge is 0.156 e. The van der Waals surface area contributed by atoms with E-state index in [1.807, 2.05) is 43.3 Å². The number of rotatable bonds is 1. The normalized spacial score (nSPS) is 34.3. The van der Waals surface area contributed by atoms with Crippen molar-refractivity contribution in [1.29, 1.82) is 5.26 Å². The minimum absolute atomic E-state index is 0.0552. The highest BCUT2D eigenvalue weighted by atomic mass is 16.3. The summed E-state index contributed by atoms with van der Waals surface area (Å²) in [7, 11) is 0. The Morgan fingerprint density at radius 2 is 2.12 bits per heavy atom. The summed E-state index contributed by atoms with van der Waals surface area (Å²) in [5, 5.41) is 22.6. The highest BCUT2D eigenvalue weighted by Gasteiger charge is 2.42. The molecule has 3 heteroatoms. The van der Waals surface area contributed by atoms with E-state index in [0.717, 1.165) is 5.56 Å². The van der Waals surface area contributed by atoms with Crippen molar-refractivity contribution in [3.63, 3.8) is 0 Å². The first kappa shape index (κ1) is 11.1. The number of nitrogens with one attached hydrogen (secondary N) is 1. The van der Waals surface area contributed by atoms with E-state index in [1.165, 1.54) is 0 Å². The Morgan fingerprint density at radius 1 is 1.44 bits per heavy atom. The lowest BCUT2D eigenvalue weighted by Crippen LogP contribution is -2.49. The molecule has 1 fully saturated rings. The maximum atomic E-state index is 10.2. The summed E-state index contributed by atoms with van der Waals surface area (Å²) in [6.45, 7) is 2.60. The Labute approximate surface area is 95.7 Å². The number of benzene rings is 1. The number of hydrogen-bond acceptors (Lipinski definition) is 3. The third-order valence-corrected chi connectivity index (χ3v) is 3.48. The zero-order chi connectivity index (χ0) is 11.6. The number of aliphatic hydroxyl groups is 1. The van der Waals surface area contributed by atoms with Crippen LogP contribution >= 0.6 is 0 Å². The second-order valence-corrected chi connectivity index (χ2v) is 4.42. The fourth-order valence-electron chi connectivity index (χ4n) is 2.32. The van der Waals surface area contributed by atoms with Crippen LogP contribution in [0.15, 0.2) is 30.3 Å². The Morgan fingerprint density at radius 3 is 2.75 bits per heavy atom. The van der Waals surface area contributed by atoms with Crippen LogP contribution in [0, 0.1) is 17.2 Å². The molecule has 0 amide bonds. The van der Waals surface area contributed by atoms with Gasteiger partial charge in [0.25, 0.3) is 0 Å². The molecular weight excluding hydrogens is 200 g/mol. The molecule has 0 aromatic heterocycles. The van der Waals surface area contributed by atoms with Gasteiger partial charge in [0.05, 0.1) is 6.07 Å². The van der Waals surface area contributed by atoms with Crippen molar-refractivity contribution in [1.82, 2.24) is 5.32 Å². The SMILES string of the molecule is C[C@H]1[C@H](c2ccccc2)NCC[C@]1(O)C#N. The van der Waals surface area contributed by atoms with Gasteiger partial charge in [-0.1, -0.05) is 37.3 Å². The molecule has 1 aliphatic rings. The average Bonchev–Trinajstić information content (AvgIpc) is 2.34. The third-order valence-electron chi connectivity index (χ3n) is 3.48. The van der Waals surface area contributed by atoms with Crippen LogP contribution in [-0.4, -0.2) is 17.3 Å². The van der Waals surface area contributed by atoms with Crippen molar-refractivity contribution >= 4 is 0 Å². The number of nitrogens with zero attached hydrogens (tertiary/aromatic N) is 1. The monoisotopic (exact) mass is 216 g/mol. The molecule has 16 heavy (non-hydrogen) atoms. The predicted molar refractivity (Wildman–Crippen MR) is 61.5 cm³/mol. The topological polar surface area (TPSA) is 56.0 Å². The van der Waals surface area contributed by atoms with Gasteiger partial charge in [-0.15, -0.1) is 0 Å². The molecule has 0 radical (unpaired) electrons. The summed E-state index contributed by atoms with van der Waals surface area (Å²) >= 11 is 0. The molecule has 1 heterocycles. The first-order chi connectivity index (χ1) is 7.67. The molecule has 1 saturated heterocycles. The van der Waals surface area contributed by atoms with E-state index in [4.69, 9.17) is 5.26 Å². The van der Waals surface area contributed by atoms with Gasteiger partial charge in [-0.3, -0.25) is 0 Å². The quantitative estimate of drug-likeness (QED) is 0.701. The van der Waals surface area contributed by atoms with Crippen LogP contribution in [0.2, 0.25) is 0 Å². The molecular formula is C13H16N2O. The van der Waals surface area contributed by atoms with Crippen LogP contribution in [0.4, 0.5) is 0 Å². The minimum atomic E-state index is -1.20. The molecule has 0 unspecified atom stereocenters.